The number of rotatable bonds is 1. The maximum absolute atomic E-state index is 7.06. The van der Waals surface area contributed by atoms with Crippen molar-refractivity contribution < 1.29 is 0 Å². The SMILES string of the molecule is CC(C)(C)c1nc(C(C)(C)C)c2cc(C3CC3)c(C(C)(C)C)c(Cl)c2n1. The maximum Gasteiger partial charge on any atom is 0.134 e. The Bertz CT molecular complexity index is 857. The second kappa shape index (κ2) is 5.92. The van der Waals surface area contributed by atoms with Gasteiger partial charge in [-0.3, -0.25) is 0 Å². The van der Waals surface area contributed by atoms with Crippen LogP contribution in [0.25, 0.3) is 10.9 Å². The van der Waals surface area contributed by atoms with E-state index >= 15 is 0 Å². The Labute approximate surface area is 163 Å². The molecule has 0 aliphatic heterocycles. The first-order chi connectivity index (χ1) is 11.7. The Morgan fingerprint density at radius 1 is 0.846 bits per heavy atom. The van der Waals surface area contributed by atoms with Gasteiger partial charge in [0, 0.05) is 16.2 Å². The van der Waals surface area contributed by atoms with Crippen molar-refractivity contribution in [2.45, 2.75) is 97.3 Å². The number of halogens is 1. The third-order valence-corrected chi connectivity index (χ3v) is 5.48. The van der Waals surface area contributed by atoms with Crippen LogP contribution in [0.1, 0.15) is 104 Å². The van der Waals surface area contributed by atoms with Gasteiger partial charge in [0.05, 0.1) is 16.2 Å². The zero-order valence-electron chi connectivity index (χ0n) is 17.8. The molecule has 1 aromatic carbocycles. The van der Waals surface area contributed by atoms with Crippen LogP contribution in [0.15, 0.2) is 6.07 Å². The van der Waals surface area contributed by atoms with Crippen molar-refractivity contribution in [1.82, 2.24) is 9.97 Å². The van der Waals surface area contributed by atoms with Gasteiger partial charge in [-0.1, -0.05) is 73.9 Å². The van der Waals surface area contributed by atoms with Gasteiger partial charge in [0.15, 0.2) is 0 Å². The fraction of sp³-hybridized carbons (Fsp3) is 0.652. The van der Waals surface area contributed by atoms with E-state index in [0.717, 1.165) is 27.4 Å². The highest BCUT2D eigenvalue weighted by atomic mass is 35.5. The van der Waals surface area contributed by atoms with Crippen LogP contribution in [-0.4, -0.2) is 9.97 Å². The largest absolute Gasteiger partial charge is 0.236 e. The highest BCUT2D eigenvalue weighted by Crippen LogP contribution is 2.49. The maximum atomic E-state index is 7.06. The van der Waals surface area contributed by atoms with E-state index in [2.05, 4.69) is 68.4 Å². The first-order valence-corrected chi connectivity index (χ1v) is 10.1. The molecule has 0 radical (unpaired) electrons. The van der Waals surface area contributed by atoms with E-state index in [-0.39, 0.29) is 16.2 Å². The molecule has 0 saturated heterocycles. The topological polar surface area (TPSA) is 25.8 Å². The smallest absolute Gasteiger partial charge is 0.134 e. The Balaban J connectivity index is 2.47. The van der Waals surface area contributed by atoms with Crippen LogP contribution < -0.4 is 0 Å². The first-order valence-electron chi connectivity index (χ1n) is 9.77. The second-order valence-corrected chi connectivity index (χ2v) is 11.3. The molecule has 1 fully saturated rings. The van der Waals surface area contributed by atoms with Crippen LogP contribution in [0.4, 0.5) is 0 Å². The molecule has 1 aromatic heterocycles. The van der Waals surface area contributed by atoms with Crippen LogP contribution in [0.5, 0.6) is 0 Å². The fourth-order valence-corrected chi connectivity index (χ4v) is 4.17. The van der Waals surface area contributed by atoms with E-state index in [4.69, 9.17) is 21.6 Å². The van der Waals surface area contributed by atoms with Gasteiger partial charge in [-0.2, -0.15) is 0 Å². The number of nitrogens with zero attached hydrogens (tertiary/aromatic N) is 2. The molecule has 0 amide bonds. The summed E-state index contributed by atoms with van der Waals surface area (Å²) < 4.78 is 0. The van der Waals surface area contributed by atoms with Crippen LogP contribution in [0.3, 0.4) is 0 Å². The first kappa shape index (κ1) is 19.6. The summed E-state index contributed by atoms with van der Waals surface area (Å²) >= 11 is 7.06. The quantitative estimate of drug-likeness (QED) is 0.535. The van der Waals surface area contributed by atoms with Gasteiger partial charge < -0.3 is 0 Å². The molecule has 1 saturated carbocycles. The Hall–Kier alpha value is -1.15. The van der Waals surface area contributed by atoms with Crippen molar-refractivity contribution in [3.63, 3.8) is 0 Å². The van der Waals surface area contributed by atoms with E-state index in [1.54, 1.807) is 0 Å². The van der Waals surface area contributed by atoms with E-state index in [0.29, 0.717) is 5.92 Å². The molecule has 142 valence electrons. The molecule has 3 heteroatoms. The number of aromatic nitrogens is 2. The molecule has 3 rings (SSSR count). The summed E-state index contributed by atoms with van der Waals surface area (Å²) in [5.41, 5.74) is 4.53. The second-order valence-electron chi connectivity index (χ2n) is 11.0. The normalized spacial score (nSPS) is 16.4. The van der Waals surface area contributed by atoms with Gasteiger partial charge >= 0.3 is 0 Å². The molecule has 0 unspecified atom stereocenters. The van der Waals surface area contributed by atoms with Gasteiger partial charge in [0.2, 0.25) is 0 Å². The molecule has 1 heterocycles. The van der Waals surface area contributed by atoms with Crippen LogP contribution in [0.2, 0.25) is 5.02 Å². The van der Waals surface area contributed by atoms with Crippen molar-refractivity contribution in [3.05, 3.63) is 33.7 Å². The minimum absolute atomic E-state index is 0.00205. The fourth-order valence-electron chi connectivity index (χ4n) is 3.63. The summed E-state index contributed by atoms with van der Waals surface area (Å²) in [5, 5.41) is 1.96. The van der Waals surface area contributed by atoms with E-state index < -0.39 is 0 Å². The number of benzene rings is 1. The summed E-state index contributed by atoms with van der Waals surface area (Å²) in [4.78, 5) is 10.00. The van der Waals surface area contributed by atoms with Crippen LogP contribution >= 0.6 is 11.6 Å². The molecule has 0 bridgehead atoms. The molecular formula is C23H33ClN2. The van der Waals surface area contributed by atoms with Gasteiger partial charge in [-0.15, -0.1) is 0 Å². The molecule has 0 N–H and O–H groups in total. The zero-order valence-corrected chi connectivity index (χ0v) is 18.6. The minimum atomic E-state index is -0.116. The average Bonchev–Trinajstić information content (AvgIpc) is 3.26. The van der Waals surface area contributed by atoms with Gasteiger partial charge in [0.25, 0.3) is 0 Å². The van der Waals surface area contributed by atoms with E-state index in [1.807, 2.05) is 0 Å². The van der Waals surface area contributed by atoms with Gasteiger partial charge in [0.1, 0.15) is 5.82 Å². The van der Waals surface area contributed by atoms with Crippen molar-refractivity contribution in [1.29, 1.82) is 0 Å². The number of hydrogen-bond acceptors (Lipinski definition) is 2. The Morgan fingerprint density at radius 3 is 1.85 bits per heavy atom. The van der Waals surface area contributed by atoms with Crippen molar-refractivity contribution in [2.24, 2.45) is 0 Å². The van der Waals surface area contributed by atoms with Crippen molar-refractivity contribution in [3.8, 4) is 0 Å². The van der Waals surface area contributed by atoms with Crippen LogP contribution in [0, 0.1) is 0 Å². The van der Waals surface area contributed by atoms with Gasteiger partial charge in [-0.25, -0.2) is 9.97 Å². The van der Waals surface area contributed by atoms with Gasteiger partial charge in [-0.05, 0) is 41.4 Å². The van der Waals surface area contributed by atoms with Crippen LogP contribution in [-0.2, 0) is 16.2 Å². The highest BCUT2D eigenvalue weighted by molar-refractivity contribution is 6.36. The lowest BCUT2D eigenvalue weighted by molar-refractivity contribution is 0.520. The monoisotopic (exact) mass is 372 g/mol. The molecular weight excluding hydrogens is 340 g/mol. The molecule has 0 spiro atoms. The molecule has 1 aliphatic rings. The molecule has 2 nitrogen and oxygen atoms in total. The number of fused-ring (bicyclic) bond motifs is 1. The third-order valence-electron chi connectivity index (χ3n) is 5.11. The molecule has 26 heavy (non-hydrogen) atoms. The lowest BCUT2D eigenvalue weighted by Crippen LogP contribution is -2.23. The predicted octanol–water partition coefficient (Wildman–Crippen LogP) is 7.05. The van der Waals surface area contributed by atoms with Crippen molar-refractivity contribution >= 4 is 22.5 Å². The highest BCUT2D eigenvalue weighted by Gasteiger charge is 2.35. The third kappa shape index (κ3) is 3.50. The lowest BCUT2D eigenvalue weighted by Gasteiger charge is -2.29. The summed E-state index contributed by atoms with van der Waals surface area (Å²) in [6.07, 6.45) is 2.52. The van der Waals surface area contributed by atoms with E-state index in [1.165, 1.54) is 24.0 Å². The average molecular weight is 373 g/mol. The zero-order chi connectivity index (χ0) is 19.7. The summed E-state index contributed by atoms with van der Waals surface area (Å²) in [5.74, 6) is 1.51. The Kier molecular flexibility index (Phi) is 4.47. The molecule has 0 atom stereocenters. The predicted molar refractivity (Wildman–Crippen MR) is 113 cm³/mol. The summed E-state index contributed by atoms with van der Waals surface area (Å²) in [6, 6.07) is 2.35. The lowest BCUT2D eigenvalue weighted by atomic mass is 9.80. The Morgan fingerprint density at radius 2 is 1.42 bits per heavy atom. The molecule has 1 aliphatic carbocycles. The standard InChI is InChI=1S/C23H33ClN2/c1-21(2,3)16-14(13-10-11-13)12-15-18(17(16)24)25-20(23(7,8)9)26-19(15)22(4,5)6/h12-13H,10-11H2,1-9H3. The summed E-state index contributed by atoms with van der Waals surface area (Å²) in [6.45, 7) is 19.9. The van der Waals surface area contributed by atoms with Crippen molar-refractivity contribution in [2.75, 3.05) is 0 Å². The minimum Gasteiger partial charge on any atom is -0.236 e. The van der Waals surface area contributed by atoms with E-state index in [9.17, 15) is 0 Å². The number of hydrogen-bond donors (Lipinski definition) is 0. The summed E-state index contributed by atoms with van der Waals surface area (Å²) in [7, 11) is 0. The molecule has 2 aromatic rings.